The normalized spacial score (nSPS) is 22.1. The molecule has 5 heteroatoms. The lowest BCUT2D eigenvalue weighted by Gasteiger charge is -2.00. The molecule has 1 amide bonds. The Balaban J connectivity index is 1.63. The van der Waals surface area contributed by atoms with E-state index in [2.05, 4.69) is 27.6 Å². The Hall–Kier alpha value is -1.75. The standard InChI is InChI=1S/C12H11N3OS/c16-11(14-12-15-13-7-17-12)10-6-9(10)8-4-2-1-3-5-8/h1-5,7,9-10H,6H2,(H,14,15,16)/t9-,10-/m1/s1. The number of benzene rings is 1. The van der Waals surface area contributed by atoms with Crippen molar-refractivity contribution in [2.45, 2.75) is 12.3 Å². The number of hydrogen-bond acceptors (Lipinski definition) is 4. The van der Waals surface area contributed by atoms with Crippen LogP contribution in [0.25, 0.3) is 0 Å². The largest absolute Gasteiger partial charge is 0.300 e. The molecular formula is C12H11N3OS. The first-order valence-corrected chi connectivity index (χ1v) is 6.34. The molecule has 4 nitrogen and oxygen atoms in total. The molecule has 2 atom stereocenters. The number of anilines is 1. The second kappa shape index (κ2) is 4.25. The summed E-state index contributed by atoms with van der Waals surface area (Å²) in [6.07, 6.45) is 0.925. The number of aromatic nitrogens is 2. The van der Waals surface area contributed by atoms with Gasteiger partial charge in [0.1, 0.15) is 5.51 Å². The molecule has 86 valence electrons. The zero-order chi connectivity index (χ0) is 11.7. The highest BCUT2D eigenvalue weighted by Crippen LogP contribution is 2.47. The molecule has 0 aliphatic heterocycles. The van der Waals surface area contributed by atoms with Gasteiger partial charge in [0, 0.05) is 5.92 Å². The average Bonchev–Trinajstić information content (AvgIpc) is 3.02. The van der Waals surface area contributed by atoms with Gasteiger partial charge in [0.15, 0.2) is 0 Å². The van der Waals surface area contributed by atoms with E-state index in [0.29, 0.717) is 11.0 Å². The van der Waals surface area contributed by atoms with Crippen LogP contribution in [0.3, 0.4) is 0 Å². The van der Waals surface area contributed by atoms with Gasteiger partial charge in [-0.3, -0.25) is 4.79 Å². The van der Waals surface area contributed by atoms with Crippen LogP contribution in [-0.2, 0) is 4.79 Å². The summed E-state index contributed by atoms with van der Waals surface area (Å²) in [5, 5.41) is 10.9. The topological polar surface area (TPSA) is 54.9 Å². The van der Waals surface area contributed by atoms with Crippen molar-refractivity contribution in [1.82, 2.24) is 10.2 Å². The molecule has 1 aliphatic rings. The molecule has 17 heavy (non-hydrogen) atoms. The average molecular weight is 245 g/mol. The number of hydrogen-bond donors (Lipinski definition) is 1. The minimum Gasteiger partial charge on any atom is -0.300 e. The van der Waals surface area contributed by atoms with Gasteiger partial charge in [-0.2, -0.15) is 0 Å². The molecule has 1 aromatic carbocycles. The fourth-order valence-electron chi connectivity index (χ4n) is 1.98. The number of nitrogens with one attached hydrogen (secondary N) is 1. The Morgan fingerprint density at radius 1 is 1.35 bits per heavy atom. The molecule has 1 saturated carbocycles. The van der Waals surface area contributed by atoms with Crippen molar-refractivity contribution in [3.63, 3.8) is 0 Å². The lowest BCUT2D eigenvalue weighted by molar-refractivity contribution is -0.117. The van der Waals surface area contributed by atoms with E-state index in [1.54, 1.807) is 5.51 Å². The van der Waals surface area contributed by atoms with Gasteiger partial charge in [-0.25, -0.2) is 0 Å². The SMILES string of the molecule is O=C(Nc1nncs1)[C@@H]1C[C@@H]1c1ccccc1. The first-order chi connectivity index (χ1) is 8.34. The van der Waals surface area contributed by atoms with Crippen LogP contribution in [0.1, 0.15) is 17.9 Å². The van der Waals surface area contributed by atoms with Crippen molar-refractivity contribution in [3.05, 3.63) is 41.4 Å². The van der Waals surface area contributed by atoms with Crippen molar-refractivity contribution >= 4 is 22.4 Å². The predicted molar refractivity (Wildman–Crippen MR) is 65.8 cm³/mol. The van der Waals surface area contributed by atoms with Crippen LogP contribution in [0.4, 0.5) is 5.13 Å². The van der Waals surface area contributed by atoms with Crippen LogP contribution in [0.2, 0.25) is 0 Å². The number of nitrogens with zero attached hydrogens (tertiary/aromatic N) is 2. The molecule has 0 bridgehead atoms. The van der Waals surface area contributed by atoms with Crippen LogP contribution in [0, 0.1) is 5.92 Å². The van der Waals surface area contributed by atoms with Crippen molar-refractivity contribution in [2.24, 2.45) is 5.92 Å². The number of carbonyl (C=O) groups is 1. The Morgan fingerprint density at radius 2 is 2.18 bits per heavy atom. The van der Waals surface area contributed by atoms with E-state index in [1.807, 2.05) is 18.2 Å². The Morgan fingerprint density at radius 3 is 2.88 bits per heavy atom. The van der Waals surface area contributed by atoms with Crippen LogP contribution in [0.5, 0.6) is 0 Å². The molecule has 1 heterocycles. The summed E-state index contributed by atoms with van der Waals surface area (Å²) in [6.45, 7) is 0. The summed E-state index contributed by atoms with van der Waals surface area (Å²) < 4.78 is 0. The molecular weight excluding hydrogens is 234 g/mol. The van der Waals surface area contributed by atoms with E-state index in [9.17, 15) is 4.79 Å². The van der Waals surface area contributed by atoms with E-state index >= 15 is 0 Å². The Bertz CT molecular complexity index is 512. The highest BCUT2D eigenvalue weighted by molar-refractivity contribution is 7.13. The molecule has 1 aliphatic carbocycles. The van der Waals surface area contributed by atoms with E-state index in [0.717, 1.165) is 6.42 Å². The third-order valence-electron chi connectivity index (χ3n) is 2.95. The highest BCUT2D eigenvalue weighted by Gasteiger charge is 2.43. The molecule has 1 fully saturated rings. The summed E-state index contributed by atoms with van der Waals surface area (Å²) in [5.74, 6) is 0.501. The van der Waals surface area contributed by atoms with E-state index in [1.165, 1.54) is 16.9 Å². The Kier molecular flexibility index (Phi) is 2.60. The monoisotopic (exact) mass is 245 g/mol. The first kappa shape index (κ1) is 10.4. The summed E-state index contributed by atoms with van der Waals surface area (Å²) in [4.78, 5) is 11.9. The van der Waals surface area contributed by atoms with Gasteiger partial charge in [0.2, 0.25) is 11.0 Å². The fourth-order valence-corrected chi connectivity index (χ4v) is 2.43. The third kappa shape index (κ3) is 2.19. The molecule has 3 rings (SSSR count). The summed E-state index contributed by atoms with van der Waals surface area (Å²) in [7, 11) is 0. The van der Waals surface area contributed by atoms with Crippen molar-refractivity contribution < 1.29 is 4.79 Å². The summed E-state index contributed by atoms with van der Waals surface area (Å²) in [5.41, 5.74) is 2.85. The van der Waals surface area contributed by atoms with Gasteiger partial charge in [-0.05, 0) is 17.9 Å². The molecule has 0 unspecified atom stereocenters. The molecule has 0 saturated heterocycles. The molecule has 1 aromatic heterocycles. The first-order valence-electron chi connectivity index (χ1n) is 5.46. The van der Waals surface area contributed by atoms with Gasteiger partial charge < -0.3 is 5.32 Å². The molecule has 0 radical (unpaired) electrons. The predicted octanol–water partition coefficient (Wildman–Crippen LogP) is 2.28. The van der Waals surface area contributed by atoms with Gasteiger partial charge in [0.05, 0.1) is 0 Å². The number of rotatable bonds is 3. The maximum Gasteiger partial charge on any atom is 0.229 e. The number of amides is 1. The zero-order valence-electron chi connectivity index (χ0n) is 9.04. The zero-order valence-corrected chi connectivity index (χ0v) is 9.85. The minimum absolute atomic E-state index is 0.0515. The number of carbonyl (C=O) groups excluding carboxylic acids is 1. The van der Waals surface area contributed by atoms with E-state index < -0.39 is 0 Å². The Labute approximate surface area is 103 Å². The van der Waals surface area contributed by atoms with Crippen LogP contribution < -0.4 is 5.32 Å². The van der Waals surface area contributed by atoms with Gasteiger partial charge >= 0.3 is 0 Å². The second-order valence-electron chi connectivity index (χ2n) is 4.09. The summed E-state index contributed by atoms with van der Waals surface area (Å²) >= 11 is 1.34. The molecule has 0 spiro atoms. The van der Waals surface area contributed by atoms with Crippen LogP contribution >= 0.6 is 11.3 Å². The lowest BCUT2D eigenvalue weighted by atomic mass is 10.1. The maximum atomic E-state index is 11.9. The smallest absolute Gasteiger partial charge is 0.229 e. The highest BCUT2D eigenvalue weighted by atomic mass is 32.1. The van der Waals surface area contributed by atoms with Crippen molar-refractivity contribution in [2.75, 3.05) is 5.32 Å². The quantitative estimate of drug-likeness (QED) is 0.902. The van der Waals surface area contributed by atoms with Crippen molar-refractivity contribution in [1.29, 1.82) is 0 Å². The van der Waals surface area contributed by atoms with E-state index in [-0.39, 0.29) is 11.8 Å². The third-order valence-corrected chi connectivity index (χ3v) is 3.55. The van der Waals surface area contributed by atoms with Gasteiger partial charge in [0.25, 0.3) is 0 Å². The van der Waals surface area contributed by atoms with Crippen LogP contribution in [-0.4, -0.2) is 16.1 Å². The lowest BCUT2D eigenvalue weighted by Crippen LogP contribution is -2.14. The fraction of sp³-hybridized carbons (Fsp3) is 0.250. The minimum atomic E-state index is 0.0515. The van der Waals surface area contributed by atoms with E-state index in [4.69, 9.17) is 0 Å². The van der Waals surface area contributed by atoms with Crippen LogP contribution in [0.15, 0.2) is 35.8 Å². The maximum absolute atomic E-state index is 11.9. The second-order valence-corrected chi connectivity index (χ2v) is 4.93. The molecule has 1 N–H and O–H groups in total. The van der Waals surface area contributed by atoms with Gasteiger partial charge in [-0.15, -0.1) is 10.2 Å². The summed E-state index contributed by atoms with van der Waals surface area (Å²) in [6, 6.07) is 10.1. The van der Waals surface area contributed by atoms with Gasteiger partial charge in [-0.1, -0.05) is 41.7 Å². The van der Waals surface area contributed by atoms with Crippen molar-refractivity contribution in [3.8, 4) is 0 Å². The molecule has 2 aromatic rings.